The van der Waals surface area contributed by atoms with Crippen LogP contribution in [0.2, 0.25) is 0 Å². The molecule has 0 aliphatic carbocycles. The number of rotatable bonds is 4. The molecule has 2 aliphatic heterocycles. The summed E-state index contributed by atoms with van der Waals surface area (Å²) in [7, 11) is 1.54. The topological polar surface area (TPSA) is 71.0 Å². The number of hydrogen-bond acceptors (Lipinski definition) is 4. The normalized spacial score (nSPS) is 19.2. The molecule has 3 rings (SSSR count). The van der Waals surface area contributed by atoms with E-state index in [1.165, 1.54) is 5.57 Å². The van der Waals surface area contributed by atoms with Crippen molar-refractivity contribution in [2.24, 2.45) is 0 Å². The quantitative estimate of drug-likeness (QED) is 0.893. The van der Waals surface area contributed by atoms with Crippen molar-refractivity contribution in [2.75, 3.05) is 38.7 Å². The highest BCUT2D eigenvalue weighted by atomic mass is 16.5. The van der Waals surface area contributed by atoms with Gasteiger partial charge in [0.2, 0.25) is 0 Å². The molecule has 0 spiro atoms. The molecule has 1 amide bonds. The Bertz CT molecular complexity index is 596. The van der Waals surface area contributed by atoms with E-state index in [9.17, 15) is 4.79 Å². The second kappa shape index (κ2) is 6.37. The van der Waals surface area contributed by atoms with Gasteiger partial charge in [0.25, 0.3) is 0 Å². The monoisotopic (exact) mass is 304 g/mol. The average molecular weight is 304 g/mol. The first-order valence-electron chi connectivity index (χ1n) is 7.36. The summed E-state index contributed by atoms with van der Waals surface area (Å²) in [6, 6.07) is 6.13. The molecular weight excluding hydrogens is 284 g/mol. The van der Waals surface area contributed by atoms with Gasteiger partial charge in [0, 0.05) is 13.1 Å². The summed E-state index contributed by atoms with van der Waals surface area (Å²) < 4.78 is 10.5. The Morgan fingerprint density at radius 2 is 2.27 bits per heavy atom. The van der Waals surface area contributed by atoms with E-state index in [0.29, 0.717) is 17.5 Å². The third-order valence-corrected chi connectivity index (χ3v) is 4.19. The number of nitrogens with one attached hydrogen (secondary N) is 1. The first-order chi connectivity index (χ1) is 10.7. The molecular formula is C16H20N2O4. The fourth-order valence-electron chi connectivity index (χ4n) is 2.82. The van der Waals surface area contributed by atoms with Crippen LogP contribution in [0.3, 0.4) is 0 Å². The van der Waals surface area contributed by atoms with Crippen LogP contribution in [0, 0.1) is 0 Å². The van der Waals surface area contributed by atoms with Crippen LogP contribution in [-0.2, 0) is 4.74 Å². The number of benzene rings is 1. The number of nitrogens with zero attached hydrogens (tertiary/aromatic N) is 1. The number of methoxy groups -OCH3 is 1. The van der Waals surface area contributed by atoms with Crippen molar-refractivity contribution < 1.29 is 19.4 Å². The second-order valence-corrected chi connectivity index (χ2v) is 5.51. The number of ether oxygens (including phenoxy) is 2. The molecule has 22 heavy (non-hydrogen) atoms. The van der Waals surface area contributed by atoms with Crippen LogP contribution in [0.1, 0.15) is 12.0 Å². The largest absolute Gasteiger partial charge is 0.495 e. The van der Waals surface area contributed by atoms with E-state index < -0.39 is 6.09 Å². The van der Waals surface area contributed by atoms with Gasteiger partial charge in [0.1, 0.15) is 5.75 Å². The molecule has 6 nitrogen and oxygen atoms in total. The van der Waals surface area contributed by atoms with E-state index in [-0.39, 0.29) is 0 Å². The van der Waals surface area contributed by atoms with E-state index in [4.69, 9.17) is 14.6 Å². The molecule has 2 aliphatic rings. The van der Waals surface area contributed by atoms with Crippen molar-refractivity contribution >= 4 is 17.4 Å². The van der Waals surface area contributed by atoms with Gasteiger partial charge >= 0.3 is 6.09 Å². The summed E-state index contributed by atoms with van der Waals surface area (Å²) in [5.41, 5.74) is 2.82. The van der Waals surface area contributed by atoms with Crippen LogP contribution in [0.25, 0.3) is 5.57 Å². The van der Waals surface area contributed by atoms with E-state index in [2.05, 4.69) is 16.3 Å². The fraction of sp³-hybridized carbons (Fsp3) is 0.438. The number of carboxylic acid groups (broad SMARTS) is 1. The summed E-state index contributed by atoms with van der Waals surface area (Å²) in [6.45, 7) is 3.64. The molecule has 0 bridgehead atoms. The van der Waals surface area contributed by atoms with Gasteiger partial charge in [0.05, 0.1) is 32.1 Å². The van der Waals surface area contributed by atoms with Crippen LogP contribution >= 0.6 is 0 Å². The predicted octanol–water partition coefficient (Wildman–Crippen LogP) is 2.27. The maximum atomic E-state index is 10.8. The van der Waals surface area contributed by atoms with Crippen LogP contribution < -0.4 is 10.1 Å². The lowest BCUT2D eigenvalue weighted by molar-refractivity contribution is -0.0612. The molecule has 118 valence electrons. The van der Waals surface area contributed by atoms with E-state index in [0.717, 1.165) is 38.3 Å². The third kappa shape index (κ3) is 3.08. The first kappa shape index (κ1) is 14.9. The SMILES string of the molecule is COc1cc(C2=CCN(C3COC3)CC2)ccc1NC(=O)O. The lowest BCUT2D eigenvalue weighted by Gasteiger charge is -2.38. The first-order valence-corrected chi connectivity index (χ1v) is 7.36. The van der Waals surface area contributed by atoms with Crippen LogP contribution in [0.4, 0.5) is 10.5 Å². The van der Waals surface area contributed by atoms with Crippen molar-refractivity contribution in [2.45, 2.75) is 12.5 Å². The second-order valence-electron chi connectivity index (χ2n) is 5.51. The van der Waals surface area contributed by atoms with Gasteiger partial charge in [-0.25, -0.2) is 4.79 Å². The standard InChI is InChI=1S/C16H20N2O4/c1-21-15-8-12(2-3-14(15)17-16(19)20)11-4-6-18(7-5-11)13-9-22-10-13/h2-4,8,13,17H,5-7,9-10H2,1H3,(H,19,20). The molecule has 2 heterocycles. The molecule has 0 atom stereocenters. The molecule has 1 saturated heterocycles. The minimum atomic E-state index is -1.10. The molecule has 0 radical (unpaired) electrons. The minimum absolute atomic E-state index is 0.461. The maximum absolute atomic E-state index is 10.8. The Morgan fingerprint density at radius 1 is 1.45 bits per heavy atom. The zero-order valence-electron chi connectivity index (χ0n) is 12.5. The van der Waals surface area contributed by atoms with Crippen molar-refractivity contribution in [1.29, 1.82) is 0 Å². The summed E-state index contributed by atoms with van der Waals surface area (Å²) in [4.78, 5) is 13.2. The smallest absolute Gasteiger partial charge is 0.409 e. The van der Waals surface area contributed by atoms with Gasteiger partial charge in [-0.2, -0.15) is 0 Å². The molecule has 0 unspecified atom stereocenters. The van der Waals surface area contributed by atoms with Crippen molar-refractivity contribution in [3.05, 3.63) is 29.8 Å². The Hall–Kier alpha value is -2.05. The van der Waals surface area contributed by atoms with Crippen LogP contribution in [0.5, 0.6) is 5.75 Å². The van der Waals surface area contributed by atoms with E-state index >= 15 is 0 Å². The van der Waals surface area contributed by atoms with Crippen LogP contribution in [0.15, 0.2) is 24.3 Å². The Kier molecular flexibility index (Phi) is 4.31. The number of anilines is 1. The van der Waals surface area contributed by atoms with Gasteiger partial charge in [0.15, 0.2) is 0 Å². The van der Waals surface area contributed by atoms with Gasteiger partial charge in [-0.3, -0.25) is 10.2 Å². The predicted molar refractivity (Wildman–Crippen MR) is 83.4 cm³/mol. The Balaban J connectivity index is 1.74. The van der Waals surface area contributed by atoms with Crippen LogP contribution in [-0.4, -0.2) is 55.6 Å². The molecule has 1 aromatic rings. The van der Waals surface area contributed by atoms with Gasteiger partial charge in [-0.1, -0.05) is 12.1 Å². The van der Waals surface area contributed by atoms with Crippen molar-refractivity contribution in [1.82, 2.24) is 4.90 Å². The fourth-order valence-corrected chi connectivity index (χ4v) is 2.82. The zero-order valence-corrected chi connectivity index (χ0v) is 12.5. The van der Waals surface area contributed by atoms with E-state index in [1.54, 1.807) is 13.2 Å². The van der Waals surface area contributed by atoms with Gasteiger partial charge in [-0.05, 0) is 29.7 Å². The van der Waals surface area contributed by atoms with Gasteiger partial charge < -0.3 is 14.6 Å². The van der Waals surface area contributed by atoms with Gasteiger partial charge in [-0.15, -0.1) is 0 Å². The Labute approximate surface area is 129 Å². The molecule has 6 heteroatoms. The minimum Gasteiger partial charge on any atom is -0.495 e. The van der Waals surface area contributed by atoms with Crippen molar-refractivity contribution in [3.63, 3.8) is 0 Å². The average Bonchev–Trinajstić information content (AvgIpc) is 2.46. The van der Waals surface area contributed by atoms with E-state index in [1.807, 2.05) is 12.1 Å². The molecule has 2 N–H and O–H groups in total. The summed E-state index contributed by atoms with van der Waals surface area (Å²) >= 11 is 0. The zero-order chi connectivity index (χ0) is 15.5. The maximum Gasteiger partial charge on any atom is 0.409 e. The Morgan fingerprint density at radius 3 is 2.82 bits per heavy atom. The molecule has 1 aromatic carbocycles. The highest BCUT2D eigenvalue weighted by Crippen LogP contribution is 2.31. The lowest BCUT2D eigenvalue weighted by Crippen LogP contribution is -2.50. The number of carbonyl (C=O) groups is 1. The molecule has 1 fully saturated rings. The highest BCUT2D eigenvalue weighted by molar-refractivity contribution is 5.86. The molecule has 0 saturated carbocycles. The van der Waals surface area contributed by atoms with Crippen molar-refractivity contribution in [3.8, 4) is 5.75 Å². The summed E-state index contributed by atoms with van der Waals surface area (Å²) in [6.07, 6.45) is 2.12. The number of hydrogen-bond donors (Lipinski definition) is 2. The molecule has 0 aromatic heterocycles. The lowest BCUT2D eigenvalue weighted by atomic mass is 9.97. The highest BCUT2D eigenvalue weighted by Gasteiger charge is 2.27. The summed E-state index contributed by atoms with van der Waals surface area (Å²) in [5, 5.41) is 11.2. The third-order valence-electron chi connectivity index (χ3n) is 4.19. The number of amides is 1. The summed E-state index contributed by atoms with van der Waals surface area (Å²) in [5.74, 6) is 0.538.